The van der Waals surface area contributed by atoms with E-state index in [1.807, 2.05) is 31.2 Å². The summed E-state index contributed by atoms with van der Waals surface area (Å²) in [5.74, 6) is -1.81. The van der Waals surface area contributed by atoms with Gasteiger partial charge in [-0.3, -0.25) is 4.79 Å². The zero-order valence-electron chi connectivity index (χ0n) is 12.7. The minimum absolute atomic E-state index is 0.00654. The maximum atomic E-state index is 13.5. The molecule has 0 saturated heterocycles. The molecule has 5 heteroatoms. The van der Waals surface area contributed by atoms with E-state index in [-0.39, 0.29) is 17.5 Å². The summed E-state index contributed by atoms with van der Waals surface area (Å²) >= 11 is 0. The van der Waals surface area contributed by atoms with Gasteiger partial charge in [-0.05, 0) is 37.1 Å². The second-order valence-corrected chi connectivity index (χ2v) is 5.50. The highest BCUT2D eigenvalue weighted by Gasteiger charge is 2.31. The molecule has 0 radical (unpaired) electrons. The fraction of sp³-hybridized carbons (Fsp3) is 0.222. The minimum atomic E-state index is -0.836. The third kappa shape index (κ3) is 2.95. The van der Waals surface area contributed by atoms with Crippen molar-refractivity contribution < 1.29 is 18.7 Å². The van der Waals surface area contributed by atoms with Crippen molar-refractivity contribution in [2.24, 2.45) is 0 Å². The second-order valence-electron chi connectivity index (χ2n) is 5.50. The molecule has 0 N–H and O–H groups in total. The smallest absolute Gasteiger partial charge is 0.341 e. The molecule has 0 fully saturated rings. The lowest BCUT2D eigenvalue weighted by atomic mass is 10.1. The van der Waals surface area contributed by atoms with Crippen LogP contribution in [0.15, 0.2) is 48.5 Å². The molecule has 0 unspecified atom stereocenters. The number of carbonyl (C=O) groups excluding carboxylic acids is 2. The predicted octanol–water partition coefficient (Wildman–Crippen LogP) is 2.96. The van der Waals surface area contributed by atoms with Gasteiger partial charge in [0.05, 0.1) is 5.56 Å². The highest BCUT2D eigenvalue weighted by Crippen LogP contribution is 2.31. The molecule has 118 valence electrons. The SMILES string of the molecule is C[C@@H]1Cc2ccccc2N1C(=O)COC(=O)c1ccccc1F. The van der Waals surface area contributed by atoms with Crippen LogP contribution in [0, 0.1) is 5.82 Å². The van der Waals surface area contributed by atoms with Gasteiger partial charge in [0.25, 0.3) is 5.91 Å². The van der Waals surface area contributed by atoms with Crippen LogP contribution in [-0.4, -0.2) is 24.5 Å². The van der Waals surface area contributed by atoms with Gasteiger partial charge in [-0.2, -0.15) is 0 Å². The van der Waals surface area contributed by atoms with E-state index in [9.17, 15) is 14.0 Å². The monoisotopic (exact) mass is 313 g/mol. The third-order valence-corrected chi connectivity index (χ3v) is 3.90. The van der Waals surface area contributed by atoms with Crippen LogP contribution in [0.4, 0.5) is 10.1 Å². The summed E-state index contributed by atoms with van der Waals surface area (Å²) in [6, 6.07) is 13.2. The van der Waals surface area contributed by atoms with Crippen molar-refractivity contribution in [3.63, 3.8) is 0 Å². The topological polar surface area (TPSA) is 46.6 Å². The van der Waals surface area contributed by atoms with Crippen molar-refractivity contribution >= 4 is 17.6 Å². The van der Waals surface area contributed by atoms with E-state index in [2.05, 4.69) is 0 Å². The molecule has 23 heavy (non-hydrogen) atoms. The fourth-order valence-electron chi connectivity index (χ4n) is 2.85. The molecule has 0 aliphatic carbocycles. The molecule has 4 nitrogen and oxygen atoms in total. The quantitative estimate of drug-likeness (QED) is 0.819. The third-order valence-electron chi connectivity index (χ3n) is 3.90. The first-order valence-electron chi connectivity index (χ1n) is 7.39. The number of benzene rings is 2. The molecule has 1 amide bonds. The van der Waals surface area contributed by atoms with Crippen molar-refractivity contribution in [2.75, 3.05) is 11.5 Å². The van der Waals surface area contributed by atoms with Crippen molar-refractivity contribution in [1.82, 2.24) is 0 Å². The molecule has 3 rings (SSSR count). The van der Waals surface area contributed by atoms with Gasteiger partial charge >= 0.3 is 5.97 Å². The van der Waals surface area contributed by atoms with Gasteiger partial charge in [0.2, 0.25) is 0 Å². The standard InChI is InChI=1S/C18H16FNO3/c1-12-10-13-6-2-5-9-16(13)20(12)17(21)11-23-18(22)14-7-3-4-8-15(14)19/h2-9,12H,10-11H2,1H3/t12-/m1/s1. The first-order valence-corrected chi connectivity index (χ1v) is 7.39. The highest BCUT2D eigenvalue weighted by atomic mass is 19.1. The van der Waals surface area contributed by atoms with Crippen molar-refractivity contribution in [3.05, 3.63) is 65.5 Å². The summed E-state index contributed by atoms with van der Waals surface area (Å²) in [7, 11) is 0. The first-order chi connectivity index (χ1) is 11.1. The van der Waals surface area contributed by atoms with Crippen LogP contribution in [-0.2, 0) is 16.0 Å². The van der Waals surface area contributed by atoms with E-state index >= 15 is 0 Å². The van der Waals surface area contributed by atoms with Crippen LogP contribution < -0.4 is 4.90 Å². The second kappa shape index (κ2) is 6.20. The number of carbonyl (C=O) groups is 2. The lowest BCUT2D eigenvalue weighted by Crippen LogP contribution is -2.38. The van der Waals surface area contributed by atoms with Gasteiger partial charge in [-0.25, -0.2) is 9.18 Å². The number of fused-ring (bicyclic) bond motifs is 1. The van der Waals surface area contributed by atoms with E-state index in [4.69, 9.17) is 4.74 Å². The Kier molecular flexibility index (Phi) is 4.10. The molecule has 0 spiro atoms. The molecular formula is C18H16FNO3. The number of hydrogen-bond acceptors (Lipinski definition) is 3. The zero-order chi connectivity index (χ0) is 16.4. The van der Waals surface area contributed by atoms with E-state index in [1.54, 1.807) is 11.0 Å². The Balaban J connectivity index is 1.69. The predicted molar refractivity (Wildman–Crippen MR) is 83.8 cm³/mol. The van der Waals surface area contributed by atoms with Gasteiger partial charge in [0.1, 0.15) is 5.82 Å². The molecule has 0 saturated carbocycles. The Morgan fingerprint density at radius 1 is 1.17 bits per heavy atom. The number of halogens is 1. The normalized spacial score (nSPS) is 16.1. The van der Waals surface area contributed by atoms with Gasteiger partial charge in [0, 0.05) is 11.7 Å². The van der Waals surface area contributed by atoms with Gasteiger partial charge in [-0.1, -0.05) is 30.3 Å². The number of ether oxygens (including phenoxy) is 1. The maximum Gasteiger partial charge on any atom is 0.341 e. The van der Waals surface area contributed by atoms with Crippen LogP contribution >= 0.6 is 0 Å². The van der Waals surface area contributed by atoms with Crippen molar-refractivity contribution in [3.8, 4) is 0 Å². The number of hydrogen-bond donors (Lipinski definition) is 0. The molecule has 1 heterocycles. The molecule has 1 aliphatic rings. The lowest BCUT2D eigenvalue weighted by Gasteiger charge is -2.22. The summed E-state index contributed by atoms with van der Waals surface area (Å²) < 4.78 is 18.5. The summed E-state index contributed by atoms with van der Waals surface area (Å²) in [5, 5.41) is 0. The number of para-hydroxylation sites is 1. The van der Waals surface area contributed by atoms with Crippen LogP contribution in [0.2, 0.25) is 0 Å². The Labute approximate surface area is 133 Å². The number of amides is 1. The van der Waals surface area contributed by atoms with E-state index in [1.165, 1.54) is 18.2 Å². The lowest BCUT2D eigenvalue weighted by molar-refractivity contribution is -0.122. The summed E-state index contributed by atoms with van der Waals surface area (Å²) in [6.07, 6.45) is 0.767. The summed E-state index contributed by atoms with van der Waals surface area (Å²) in [6.45, 7) is 1.53. The van der Waals surface area contributed by atoms with Crippen LogP contribution in [0.5, 0.6) is 0 Å². The number of anilines is 1. The van der Waals surface area contributed by atoms with E-state index < -0.39 is 18.4 Å². The maximum absolute atomic E-state index is 13.5. The summed E-state index contributed by atoms with van der Waals surface area (Å²) in [4.78, 5) is 25.9. The molecular weight excluding hydrogens is 297 g/mol. The van der Waals surface area contributed by atoms with E-state index in [0.29, 0.717) is 0 Å². The number of rotatable bonds is 3. The average molecular weight is 313 g/mol. The fourth-order valence-corrected chi connectivity index (χ4v) is 2.85. The molecule has 2 aromatic rings. The van der Waals surface area contributed by atoms with Crippen molar-refractivity contribution in [1.29, 1.82) is 0 Å². The van der Waals surface area contributed by atoms with E-state index in [0.717, 1.165) is 17.7 Å². The molecule has 1 aliphatic heterocycles. The minimum Gasteiger partial charge on any atom is -0.452 e. The molecule has 2 aromatic carbocycles. The number of esters is 1. The largest absolute Gasteiger partial charge is 0.452 e. The molecule has 0 bridgehead atoms. The Morgan fingerprint density at radius 3 is 2.65 bits per heavy atom. The Hall–Kier alpha value is -2.69. The van der Waals surface area contributed by atoms with Gasteiger partial charge < -0.3 is 9.64 Å². The Bertz CT molecular complexity index is 759. The highest BCUT2D eigenvalue weighted by molar-refractivity contribution is 5.99. The van der Waals surface area contributed by atoms with Gasteiger partial charge in [0.15, 0.2) is 6.61 Å². The molecule has 1 atom stereocenters. The Morgan fingerprint density at radius 2 is 1.87 bits per heavy atom. The van der Waals surface area contributed by atoms with Crippen LogP contribution in [0.3, 0.4) is 0 Å². The first kappa shape index (κ1) is 15.2. The molecule has 0 aromatic heterocycles. The zero-order valence-corrected chi connectivity index (χ0v) is 12.7. The van der Waals surface area contributed by atoms with Crippen LogP contribution in [0.1, 0.15) is 22.8 Å². The van der Waals surface area contributed by atoms with Crippen LogP contribution in [0.25, 0.3) is 0 Å². The van der Waals surface area contributed by atoms with Crippen molar-refractivity contribution in [2.45, 2.75) is 19.4 Å². The van der Waals surface area contributed by atoms with Gasteiger partial charge in [-0.15, -0.1) is 0 Å². The number of nitrogens with zero attached hydrogens (tertiary/aromatic N) is 1. The average Bonchev–Trinajstić information content (AvgIpc) is 2.88. The summed E-state index contributed by atoms with van der Waals surface area (Å²) in [5.41, 5.74) is 1.76.